The van der Waals surface area contributed by atoms with Crippen molar-refractivity contribution in [3.05, 3.63) is 67.5 Å². The first kappa shape index (κ1) is 21.2. The van der Waals surface area contributed by atoms with Gasteiger partial charge in [0.1, 0.15) is 6.61 Å². The molecule has 152 valence electrons. The number of urea groups is 1. The third kappa shape index (κ3) is 4.72. The Morgan fingerprint density at radius 3 is 2.45 bits per heavy atom. The zero-order valence-corrected chi connectivity index (χ0v) is 17.5. The van der Waals surface area contributed by atoms with E-state index in [0.717, 1.165) is 4.88 Å². The van der Waals surface area contributed by atoms with E-state index in [0.29, 0.717) is 0 Å². The average molecular weight is 455 g/mol. The number of thiophene rings is 1. The van der Waals surface area contributed by atoms with Crippen LogP contribution in [0.25, 0.3) is 0 Å². The van der Waals surface area contributed by atoms with E-state index in [1.54, 1.807) is 25.1 Å². The van der Waals surface area contributed by atoms with E-state index in [2.05, 4.69) is 10.6 Å². The molecule has 3 rings (SSSR count). The molecule has 29 heavy (non-hydrogen) atoms. The van der Waals surface area contributed by atoms with E-state index >= 15 is 0 Å². The molecule has 2 heterocycles. The summed E-state index contributed by atoms with van der Waals surface area (Å²) in [6.45, 7) is 1.45. The fourth-order valence-corrected chi connectivity index (χ4v) is 4.09. The molecule has 1 aromatic heterocycles. The summed E-state index contributed by atoms with van der Waals surface area (Å²) in [4.78, 5) is 37.9. The van der Waals surface area contributed by atoms with Crippen LogP contribution in [0.3, 0.4) is 0 Å². The predicted octanol–water partition coefficient (Wildman–Crippen LogP) is 4.08. The fraction of sp³-hybridized carbons (Fsp3) is 0.211. The fourth-order valence-electron chi connectivity index (χ4n) is 2.75. The lowest BCUT2D eigenvalue weighted by Crippen LogP contribution is -2.46. The quantitative estimate of drug-likeness (QED) is 0.641. The van der Waals surface area contributed by atoms with Crippen LogP contribution in [0.15, 0.2) is 47.0 Å². The number of amides is 2. The molecule has 2 amide bonds. The molecule has 0 radical (unpaired) electrons. The number of carbonyl (C=O) groups is 3. The summed E-state index contributed by atoms with van der Waals surface area (Å²) in [6, 6.07) is 6.95. The van der Waals surface area contributed by atoms with Gasteiger partial charge in [0.05, 0.1) is 39.5 Å². The van der Waals surface area contributed by atoms with Crippen molar-refractivity contribution in [1.29, 1.82) is 0 Å². The largest absolute Gasteiger partial charge is 0.463 e. The number of carbonyl (C=O) groups excluding carboxylic acids is 3. The summed E-state index contributed by atoms with van der Waals surface area (Å²) in [6.07, 6.45) is 0. The highest BCUT2D eigenvalue weighted by Crippen LogP contribution is 2.31. The number of ether oxygens (including phenoxy) is 2. The van der Waals surface area contributed by atoms with Gasteiger partial charge in [-0.1, -0.05) is 35.3 Å². The van der Waals surface area contributed by atoms with E-state index in [9.17, 15) is 14.4 Å². The number of nitrogens with one attached hydrogen (secondary N) is 2. The number of halogens is 2. The van der Waals surface area contributed by atoms with Crippen LogP contribution in [0.1, 0.15) is 28.2 Å². The Balaban J connectivity index is 1.92. The van der Waals surface area contributed by atoms with Crippen LogP contribution < -0.4 is 10.6 Å². The summed E-state index contributed by atoms with van der Waals surface area (Å²) in [5.41, 5.74) is 0.290. The van der Waals surface area contributed by atoms with Crippen LogP contribution >= 0.6 is 34.5 Å². The Kier molecular flexibility index (Phi) is 6.79. The Hall–Kier alpha value is -2.55. The van der Waals surface area contributed by atoms with Gasteiger partial charge in [0.2, 0.25) is 0 Å². The van der Waals surface area contributed by atoms with Gasteiger partial charge >= 0.3 is 18.0 Å². The van der Waals surface area contributed by atoms with Crippen LogP contribution in [0.4, 0.5) is 4.79 Å². The summed E-state index contributed by atoms with van der Waals surface area (Å²) in [5, 5.41) is 7.31. The number of hydrogen-bond donors (Lipinski definition) is 2. The molecule has 0 fully saturated rings. The Morgan fingerprint density at radius 2 is 1.83 bits per heavy atom. The second-order valence-electron chi connectivity index (χ2n) is 5.83. The highest BCUT2D eigenvalue weighted by Gasteiger charge is 2.35. The predicted molar refractivity (Wildman–Crippen MR) is 109 cm³/mol. The molecule has 7 nitrogen and oxygen atoms in total. The van der Waals surface area contributed by atoms with Crippen LogP contribution in [-0.4, -0.2) is 31.2 Å². The maximum Gasteiger partial charge on any atom is 0.341 e. The van der Waals surface area contributed by atoms with Crippen molar-refractivity contribution in [2.45, 2.75) is 13.0 Å². The van der Waals surface area contributed by atoms with E-state index in [1.807, 2.05) is 5.38 Å². The molecule has 0 bridgehead atoms. The smallest absolute Gasteiger partial charge is 0.341 e. The molecule has 0 aliphatic carbocycles. The molecule has 1 aromatic carbocycles. The van der Waals surface area contributed by atoms with Crippen molar-refractivity contribution in [2.75, 3.05) is 13.2 Å². The van der Waals surface area contributed by atoms with Crippen molar-refractivity contribution >= 4 is 52.5 Å². The first-order chi connectivity index (χ1) is 13.9. The topological polar surface area (TPSA) is 93.7 Å². The second-order valence-corrected chi connectivity index (χ2v) is 7.63. The van der Waals surface area contributed by atoms with Gasteiger partial charge in [-0.2, -0.15) is 0 Å². The number of esters is 2. The van der Waals surface area contributed by atoms with Gasteiger partial charge in [-0.05, 0) is 30.5 Å². The van der Waals surface area contributed by atoms with Gasteiger partial charge in [-0.25, -0.2) is 14.4 Å². The molecule has 1 aliphatic heterocycles. The van der Waals surface area contributed by atoms with E-state index in [4.69, 9.17) is 32.7 Å². The lowest BCUT2D eigenvalue weighted by molar-refractivity contribution is -0.139. The third-order valence-corrected chi connectivity index (χ3v) is 5.56. The molecule has 10 heteroatoms. The lowest BCUT2D eigenvalue weighted by Gasteiger charge is -2.28. The molecule has 2 aromatic rings. The van der Waals surface area contributed by atoms with Gasteiger partial charge in [0, 0.05) is 4.88 Å². The zero-order valence-electron chi connectivity index (χ0n) is 15.2. The van der Waals surface area contributed by atoms with Crippen molar-refractivity contribution in [3.63, 3.8) is 0 Å². The minimum atomic E-state index is -0.781. The van der Waals surface area contributed by atoms with Crippen molar-refractivity contribution in [1.82, 2.24) is 10.6 Å². The normalized spacial score (nSPS) is 16.1. The number of rotatable bonds is 6. The van der Waals surface area contributed by atoms with E-state index in [1.165, 1.54) is 23.5 Å². The number of hydrogen-bond acceptors (Lipinski definition) is 6. The standard InChI is InChI=1S/C19H16Cl2N2O5S/c1-2-27-18(25)15-12(22-19(26)23-16(15)13-7-4-8-29-13)9-28-17(24)14-10(20)5-3-6-11(14)21/h3-8,16H,2,9H2,1H3,(H2,22,23,26). The first-order valence-corrected chi connectivity index (χ1v) is 10.2. The van der Waals surface area contributed by atoms with Gasteiger partial charge in [0.25, 0.3) is 0 Å². The van der Waals surface area contributed by atoms with Crippen LogP contribution in [0, 0.1) is 0 Å². The molecule has 1 unspecified atom stereocenters. The summed E-state index contributed by atoms with van der Waals surface area (Å²) < 4.78 is 10.4. The van der Waals surface area contributed by atoms with Gasteiger partial charge < -0.3 is 20.1 Å². The minimum absolute atomic E-state index is 0.00388. The third-order valence-electron chi connectivity index (χ3n) is 3.99. The SMILES string of the molecule is CCOC(=O)C1=C(COC(=O)c2c(Cl)cccc2Cl)NC(=O)NC1c1cccs1. The van der Waals surface area contributed by atoms with Gasteiger partial charge in [0.15, 0.2) is 0 Å². The van der Waals surface area contributed by atoms with E-state index < -0.39 is 24.0 Å². The Bertz CT molecular complexity index is 955. The first-order valence-electron chi connectivity index (χ1n) is 8.54. The highest BCUT2D eigenvalue weighted by molar-refractivity contribution is 7.10. The maximum absolute atomic E-state index is 12.6. The maximum atomic E-state index is 12.6. The van der Waals surface area contributed by atoms with Gasteiger partial charge in [-0.3, -0.25) is 0 Å². The summed E-state index contributed by atoms with van der Waals surface area (Å²) in [5.74, 6) is -1.41. The summed E-state index contributed by atoms with van der Waals surface area (Å²) >= 11 is 13.4. The molecule has 0 saturated heterocycles. The Morgan fingerprint density at radius 1 is 1.10 bits per heavy atom. The number of benzene rings is 1. The lowest BCUT2D eigenvalue weighted by atomic mass is 10.0. The van der Waals surface area contributed by atoms with Crippen molar-refractivity contribution in [2.24, 2.45) is 0 Å². The molecule has 0 saturated carbocycles. The average Bonchev–Trinajstić information content (AvgIpc) is 3.20. The second kappa shape index (κ2) is 9.30. The van der Waals surface area contributed by atoms with Gasteiger partial charge in [-0.15, -0.1) is 11.3 Å². The van der Waals surface area contributed by atoms with Crippen LogP contribution in [0.5, 0.6) is 0 Å². The zero-order chi connectivity index (χ0) is 21.0. The molecule has 0 spiro atoms. The Labute approximate surface area is 180 Å². The molecular weight excluding hydrogens is 439 g/mol. The molecule has 1 atom stereocenters. The van der Waals surface area contributed by atoms with Crippen LogP contribution in [-0.2, 0) is 14.3 Å². The molecule has 2 N–H and O–H groups in total. The minimum Gasteiger partial charge on any atom is -0.463 e. The highest BCUT2D eigenvalue weighted by atomic mass is 35.5. The molecular formula is C19H16Cl2N2O5S. The molecule has 1 aliphatic rings. The van der Waals surface area contributed by atoms with Crippen molar-refractivity contribution < 1.29 is 23.9 Å². The van der Waals surface area contributed by atoms with Crippen LogP contribution in [0.2, 0.25) is 10.0 Å². The van der Waals surface area contributed by atoms with Crippen molar-refractivity contribution in [3.8, 4) is 0 Å². The van der Waals surface area contributed by atoms with E-state index in [-0.39, 0.29) is 40.1 Å². The monoisotopic (exact) mass is 454 g/mol. The summed E-state index contributed by atoms with van der Waals surface area (Å²) in [7, 11) is 0.